The number of piperidine rings is 1. The maximum Gasteiger partial charge on any atom is 0.245 e. The van der Waals surface area contributed by atoms with Gasteiger partial charge >= 0.3 is 0 Å². The van der Waals surface area contributed by atoms with E-state index >= 15 is 0 Å². The van der Waals surface area contributed by atoms with Crippen LogP contribution < -0.4 is 0 Å². The first-order valence-corrected chi connectivity index (χ1v) is 11.4. The summed E-state index contributed by atoms with van der Waals surface area (Å²) in [5.41, 5.74) is 3.73. The summed E-state index contributed by atoms with van der Waals surface area (Å²) in [6, 6.07) is 13.7. The summed E-state index contributed by atoms with van der Waals surface area (Å²) in [4.78, 5) is 4.84. The molecule has 0 aliphatic carbocycles. The second-order valence-electron chi connectivity index (χ2n) is 8.57. The number of aliphatic imine (C=N–C) groups is 1. The first-order valence-electron chi connectivity index (χ1n) is 9.93. The Morgan fingerprint density at radius 1 is 0.964 bits per heavy atom. The van der Waals surface area contributed by atoms with Gasteiger partial charge < -0.3 is 0 Å². The van der Waals surface area contributed by atoms with Gasteiger partial charge in [0, 0.05) is 19.3 Å². The molecule has 0 saturated carbocycles. The number of hydrogen-bond acceptors (Lipinski definition) is 3. The third-order valence-corrected chi connectivity index (χ3v) is 7.11. The lowest BCUT2D eigenvalue weighted by atomic mass is 9.87. The van der Waals surface area contributed by atoms with E-state index < -0.39 is 10.0 Å². The van der Waals surface area contributed by atoms with Crippen molar-refractivity contribution in [2.75, 3.05) is 13.1 Å². The molecule has 0 bridgehead atoms. The highest BCUT2D eigenvalue weighted by Crippen LogP contribution is 2.30. The lowest BCUT2D eigenvalue weighted by Gasteiger charge is -2.26. The van der Waals surface area contributed by atoms with Crippen LogP contribution >= 0.6 is 0 Å². The summed E-state index contributed by atoms with van der Waals surface area (Å²) < 4.78 is 28.0. The average molecular weight is 399 g/mol. The molecular formula is C23H30N2O2S. The molecule has 1 aliphatic heterocycles. The topological polar surface area (TPSA) is 49.7 Å². The van der Waals surface area contributed by atoms with Crippen molar-refractivity contribution in [2.45, 2.75) is 57.3 Å². The highest BCUT2D eigenvalue weighted by atomic mass is 32.2. The minimum atomic E-state index is -3.53. The zero-order valence-electron chi connectivity index (χ0n) is 17.3. The summed E-state index contributed by atoms with van der Waals surface area (Å²) in [6.45, 7) is 9.63. The normalized spacial score (nSPS) is 16.6. The van der Waals surface area contributed by atoms with Gasteiger partial charge in [-0.3, -0.25) is 4.99 Å². The monoisotopic (exact) mass is 398 g/mol. The second kappa shape index (κ2) is 8.18. The minimum absolute atomic E-state index is 0.0995. The van der Waals surface area contributed by atoms with E-state index in [-0.39, 0.29) is 5.41 Å². The third kappa shape index (κ3) is 4.70. The zero-order valence-corrected chi connectivity index (χ0v) is 18.1. The number of rotatable bonds is 4. The van der Waals surface area contributed by atoms with Crippen molar-refractivity contribution in [1.82, 2.24) is 4.31 Å². The molecule has 4 nitrogen and oxygen atoms in total. The van der Waals surface area contributed by atoms with Crippen molar-refractivity contribution in [3.8, 4) is 0 Å². The highest BCUT2D eigenvalue weighted by molar-refractivity contribution is 7.89. The van der Waals surface area contributed by atoms with Gasteiger partial charge in [-0.15, -0.1) is 0 Å². The first-order chi connectivity index (χ1) is 13.2. The molecule has 0 atom stereocenters. The Balaban J connectivity index is 1.91. The van der Waals surface area contributed by atoms with E-state index in [0.717, 1.165) is 30.4 Å². The molecule has 1 fully saturated rings. The van der Waals surface area contributed by atoms with Crippen LogP contribution in [-0.2, 0) is 15.4 Å². The molecule has 2 aromatic rings. The molecule has 1 heterocycles. The maximum absolute atomic E-state index is 13.2. The molecule has 150 valence electrons. The summed E-state index contributed by atoms with van der Waals surface area (Å²) in [6.07, 6.45) is 4.68. The molecule has 0 N–H and O–H groups in total. The fourth-order valence-corrected chi connectivity index (χ4v) is 5.13. The second-order valence-corrected chi connectivity index (χ2v) is 10.5. The Morgan fingerprint density at radius 2 is 1.61 bits per heavy atom. The van der Waals surface area contributed by atoms with E-state index in [1.165, 1.54) is 5.56 Å². The SMILES string of the molecule is Cc1ccc(N=Cc2ccc(C(C)(C)C)cc2)c(S(=O)(=O)N2CCCCC2)c1. The number of aryl methyl sites for hydroxylation is 1. The van der Waals surface area contributed by atoms with E-state index in [9.17, 15) is 8.42 Å². The van der Waals surface area contributed by atoms with Gasteiger partial charge in [0.2, 0.25) is 10.0 Å². The van der Waals surface area contributed by atoms with E-state index in [4.69, 9.17) is 0 Å². The van der Waals surface area contributed by atoms with Gasteiger partial charge in [0.1, 0.15) is 4.90 Å². The Bertz CT molecular complexity index is 949. The molecule has 5 heteroatoms. The highest BCUT2D eigenvalue weighted by Gasteiger charge is 2.28. The van der Waals surface area contributed by atoms with Gasteiger partial charge in [0.15, 0.2) is 0 Å². The van der Waals surface area contributed by atoms with Gasteiger partial charge in [0.05, 0.1) is 5.69 Å². The smallest absolute Gasteiger partial charge is 0.245 e. The molecule has 28 heavy (non-hydrogen) atoms. The number of nitrogens with zero attached hydrogens (tertiary/aromatic N) is 2. The minimum Gasteiger partial charge on any atom is -0.255 e. The van der Waals surface area contributed by atoms with Crippen LogP contribution in [0.25, 0.3) is 0 Å². The number of hydrogen-bond donors (Lipinski definition) is 0. The molecule has 2 aromatic carbocycles. The summed E-state index contributed by atoms with van der Waals surface area (Å²) in [5.74, 6) is 0. The van der Waals surface area contributed by atoms with E-state index in [1.807, 2.05) is 25.1 Å². The number of benzene rings is 2. The number of sulfonamides is 1. The molecule has 0 unspecified atom stereocenters. The van der Waals surface area contributed by atoms with Crippen molar-refractivity contribution < 1.29 is 8.42 Å². The zero-order chi connectivity index (χ0) is 20.4. The first kappa shape index (κ1) is 20.7. The summed E-state index contributed by atoms with van der Waals surface area (Å²) >= 11 is 0. The largest absolute Gasteiger partial charge is 0.255 e. The molecule has 1 aliphatic rings. The van der Waals surface area contributed by atoms with E-state index in [1.54, 1.807) is 22.7 Å². The fraction of sp³-hybridized carbons (Fsp3) is 0.435. The van der Waals surface area contributed by atoms with Crippen LogP contribution in [-0.4, -0.2) is 32.0 Å². The predicted octanol–water partition coefficient (Wildman–Crippen LogP) is 5.22. The maximum atomic E-state index is 13.2. The van der Waals surface area contributed by atoms with E-state index in [2.05, 4.69) is 37.9 Å². The van der Waals surface area contributed by atoms with Crippen LogP contribution in [0.5, 0.6) is 0 Å². The molecule has 1 saturated heterocycles. The molecule has 0 aromatic heterocycles. The predicted molar refractivity (Wildman–Crippen MR) is 116 cm³/mol. The van der Waals surface area contributed by atoms with Crippen LogP contribution in [0, 0.1) is 6.92 Å². The lowest BCUT2D eigenvalue weighted by molar-refractivity contribution is 0.347. The Labute approximate surface area is 169 Å². The van der Waals surface area contributed by atoms with Gasteiger partial charge in [-0.05, 0) is 54.0 Å². The molecular weight excluding hydrogens is 368 g/mol. The molecule has 0 amide bonds. The van der Waals surface area contributed by atoms with Crippen molar-refractivity contribution in [3.63, 3.8) is 0 Å². The fourth-order valence-electron chi connectivity index (χ4n) is 3.39. The summed E-state index contributed by atoms with van der Waals surface area (Å²) in [5, 5.41) is 0. The van der Waals surface area contributed by atoms with Gasteiger partial charge in [0.25, 0.3) is 0 Å². The standard InChI is InChI=1S/C23H30N2O2S/c1-18-8-13-21(22(16-18)28(26,27)25-14-6-5-7-15-25)24-17-19-9-11-20(12-10-19)23(2,3)4/h8-13,16-17H,5-7,14-15H2,1-4H3. The quantitative estimate of drug-likeness (QED) is 0.663. The van der Waals surface area contributed by atoms with Crippen LogP contribution in [0.3, 0.4) is 0 Å². The molecule has 0 spiro atoms. The average Bonchev–Trinajstić information content (AvgIpc) is 2.67. The van der Waals surface area contributed by atoms with Crippen LogP contribution in [0.1, 0.15) is 56.7 Å². The van der Waals surface area contributed by atoms with Crippen LogP contribution in [0.4, 0.5) is 5.69 Å². The molecule has 3 rings (SSSR count). The molecule has 0 radical (unpaired) electrons. The van der Waals surface area contributed by atoms with Crippen molar-refractivity contribution in [2.24, 2.45) is 4.99 Å². The van der Waals surface area contributed by atoms with Crippen molar-refractivity contribution in [1.29, 1.82) is 0 Å². The Kier molecular flexibility index (Phi) is 6.06. The van der Waals surface area contributed by atoms with Crippen LogP contribution in [0.2, 0.25) is 0 Å². The lowest BCUT2D eigenvalue weighted by Crippen LogP contribution is -2.35. The van der Waals surface area contributed by atoms with Crippen molar-refractivity contribution in [3.05, 3.63) is 59.2 Å². The van der Waals surface area contributed by atoms with Gasteiger partial charge in [-0.1, -0.05) is 57.5 Å². The van der Waals surface area contributed by atoms with Crippen molar-refractivity contribution >= 4 is 21.9 Å². The Morgan fingerprint density at radius 3 is 2.21 bits per heavy atom. The van der Waals surface area contributed by atoms with Crippen LogP contribution in [0.15, 0.2) is 52.4 Å². The Hall–Kier alpha value is -1.98. The van der Waals surface area contributed by atoms with E-state index in [0.29, 0.717) is 23.7 Å². The summed E-state index contributed by atoms with van der Waals surface area (Å²) in [7, 11) is -3.53. The third-order valence-electron chi connectivity index (χ3n) is 5.18. The van der Waals surface area contributed by atoms with Gasteiger partial charge in [-0.2, -0.15) is 4.31 Å². The van der Waals surface area contributed by atoms with Gasteiger partial charge in [-0.25, -0.2) is 8.42 Å².